The number of hydrogen-bond donors (Lipinski definition) is 1. The summed E-state index contributed by atoms with van der Waals surface area (Å²) in [6, 6.07) is 23.6. The number of thiazole rings is 1. The Hall–Kier alpha value is -3.09. The summed E-state index contributed by atoms with van der Waals surface area (Å²) < 4.78 is 7.06. The minimum Gasteiger partial charge on any atom is -0.451 e. The van der Waals surface area contributed by atoms with Gasteiger partial charge in [-0.15, -0.1) is 11.3 Å². The zero-order valence-electron chi connectivity index (χ0n) is 16.2. The molecule has 0 aliphatic rings. The number of carbonyl (C=O) groups is 1. The second-order valence-electron chi connectivity index (χ2n) is 6.83. The maximum absolute atomic E-state index is 13.2. The number of rotatable bonds is 5. The molecule has 4 nitrogen and oxygen atoms in total. The molecule has 5 aromatic rings. The molecular weight excluding hydrogens is 412 g/mol. The molecule has 0 aliphatic carbocycles. The average Bonchev–Trinajstić information content (AvgIpc) is 3.36. The minimum absolute atomic E-state index is 0.246. The van der Waals surface area contributed by atoms with Gasteiger partial charge in [-0.05, 0) is 36.6 Å². The molecule has 0 unspecified atom stereocenters. The number of amides is 1. The summed E-state index contributed by atoms with van der Waals surface area (Å²) in [4.78, 5) is 17.9. The number of hydrogen-bond acceptors (Lipinski definition) is 5. The molecule has 0 saturated heterocycles. The molecule has 0 atom stereocenters. The lowest BCUT2D eigenvalue weighted by Gasteiger charge is -2.09. The Morgan fingerprint density at radius 1 is 1.03 bits per heavy atom. The van der Waals surface area contributed by atoms with E-state index in [2.05, 4.69) is 11.4 Å². The highest BCUT2D eigenvalue weighted by Gasteiger charge is 2.21. The predicted octanol–water partition coefficient (Wildman–Crippen LogP) is 6.82. The Morgan fingerprint density at radius 3 is 2.67 bits per heavy atom. The number of nitrogens with zero attached hydrogens (tertiary/aromatic N) is 1. The molecule has 2 heterocycles. The van der Waals surface area contributed by atoms with Gasteiger partial charge in [0, 0.05) is 22.3 Å². The highest BCUT2D eigenvalue weighted by molar-refractivity contribution is 7.97. The Morgan fingerprint density at radius 2 is 1.80 bits per heavy atom. The third-order valence-electron chi connectivity index (χ3n) is 4.89. The van der Waals surface area contributed by atoms with Crippen molar-refractivity contribution in [1.82, 2.24) is 4.98 Å². The lowest BCUT2D eigenvalue weighted by Crippen LogP contribution is -2.13. The first-order valence-corrected chi connectivity index (χ1v) is 11.7. The Bertz CT molecular complexity index is 1340. The van der Waals surface area contributed by atoms with Crippen LogP contribution in [-0.4, -0.2) is 17.1 Å². The van der Waals surface area contributed by atoms with Gasteiger partial charge in [0.1, 0.15) is 10.6 Å². The fourth-order valence-corrected chi connectivity index (χ4v) is 5.10. The van der Waals surface area contributed by atoms with E-state index >= 15 is 0 Å². The van der Waals surface area contributed by atoms with E-state index in [0.717, 1.165) is 43.0 Å². The largest absolute Gasteiger partial charge is 0.451 e. The maximum Gasteiger partial charge on any atom is 0.291 e. The molecular formula is C24H18N2O2S2. The third-order valence-corrected chi connectivity index (χ3v) is 6.54. The highest BCUT2D eigenvalue weighted by atomic mass is 32.2. The SMILES string of the molecule is CSCc1c(C(=O)Nc2ccccc2-c2nc3ccccc3s2)oc2ccccc12. The monoisotopic (exact) mass is 430 g/mol. The lowest BCUT2D eigenvalue weighted by molar-refractivity contribution is 0.0998. The van der Waals surface area contributed by atoms with Crippen LogP contribution in [0.4, 0.5) is 5.69 Å². The van der Waals surface area contributed by atoms with Crippen LogP contribution in [0.1, 0.15) is 16.1 Å². The molecule has 5 rings (SSSR count). The first kappa shape index (κ1) is 18.9. The van der Waals surface area contributed by atoms with Gasteiger partial charge in [0.15, 0.2) is 5.76 Å². The van der Waals surface area contributed by atoms with Gasteiger partial charge in [0.05, 0.1) is 15.9 Å². The summed E-state index contributed by atoms with van der Waals surface area (Å²) in [5.74, 6) is 0.827. The van der Waals surface area contributed by atoms with Crippen LogP contribution in [0.5, 0.6) is 0 Å². The van der Waals surface area contributed by atoms with E-state index in [-0.39, 0.29) is 5.91 Å². The van der Waals surface area contributed by atoms with Crippen molar-refractivity contribution in [2.45, 2.75) is 5.75 Å². The smallest absolute Gasteiger partial charge is 0.291 e. The molecule has 0 radical (unpaired) electrons. The second-order valence-corrected chi connectivity index (χ2v) is 8.72. The number of para-hydroxylation sites is 3. The van der Waals surface area contributed by atoms with Gasteiger partial charge in [0.25, 0.3) is 5.91 Å². The van der Waals surface area contributed by atoms with Crippen LogP contribution >= 0.6 is 23.1 Å². The average molecular weight is 431 g/mol. The van der Waals surface area contributed by atoms with E-state index in [1.807, 2.05) is 73.0 Å². The molecule has 30 heavy (non-hydrogen) atoms. The standard InChI is InChI=1S/C24H18N2O2S2/c1-29-14-17-15-8-3-6-12-20(15)28-22(17)23(27)25-18-10-4-2-9-16(18)24-26-19-11-5-7-13-21(19)30-24/h2-13H,14H2,1H3,(H,25,27). The first-order chi connectivity index (χ1) is 14.7. The molecule has 1 N–H and O–H groups in total. The van der Waals surface area contributed by atoms with Gasteiger partial charge in [-0.3, -0.25) is 4.79 Å². The zero-order valence-corrected chi connectivity index (χ0v) is 17.8. The third kappa shape index (κ3) is 3.38. The van der Waals surface area contributed by atoms with Crippen LogP contribution in [-0.2, 0) is 5.75 Å². The number of carbonyl (C=O) groups excluding carboxylic acids is 1. The number of fused-ring (bicyclic) bond motifs is 2. The molecule has 6 heteroatoms. The lowest BCUT2D eigenvalue weighted by atomic mass is 10.1. The maximum atomic E-state index is 13.2. The van der Waals surface area contributed by atoms with Crippen molar-refractivity contribution in [1.29, 1.82) is 0 Å². The number of benzene rings is 3. The first-order valence-electron chi connectivity index (χ1n) is 9.50. The van der Waals surface area contributed by atoms with Crippen LogP contribution in [0.15, 0.2) is 77.2 Å². The minimum atomic E-state index is -0.246. The topological polar surface area (TPSA) is 55.1 Å². The van der Waals surface area contributed by atoms with Crippen molar-refractivity contribution in [3.05, 3.63) is 84.1 Å². The van der Waals surface area contributed by atoms with Crippen LogP contribution in [0, 0.1) is 0 Å². The van der Waals surface area contributed by atoms with Crippen molar-refractivity contribution >= 4 is 55.9 Å². The van der Waals surface area contributed by atoms with Gasteiger partial charge < -0.3 is 9.73 Å². The summed E-state index contributed by atoms with van der Waals surface area (Å²) in [6.07, 6.45) is 2.02. The van der Waals surface area contributed by atoms with E-state index < -0.39 is 0 Å². The molecule has 0 aliphatic heterocycles. The normalized spacial score (nSPS) is 11.2. The van der Waals surface area contributed by atoms with Crippen LogP contribution in [0.2, 0.25) is 0 Å². The zero-order chi connectivity index (χ0) is 20.5. The predicted molar refractivity (Wildman–Crippen MR) is 126 cm³/mol. The molecule has 0 fully saturated rings. The Kier molecular flexibility index (Phi) is 5.02. The number of aromatic nitrogens is 1. The molecule has 2 aromatic heterocycles. The Balaban J connectivity index is 1.53. The van der Waals surface area contributed by atoms with Gasteiger partial charge in [0.2, 0.25) is 0 Å². The van der Waals surface area contributed by atoms with Crippen LogP contribution < -0.4 is 5.32 Å². The summed E-state index contributed by atoms with van der Waals surface area (Å²) in [5, 5.41) is 4.91. The summed E-state index contributed by atoms with van der Waals surface area (Å²) in [7, 11) is 0. The number of thioether (sulfide) groups is 1. The molecule has 3 aromatic carbocycles. The molecule has 148 valence electrons. The van der Waals surface area contributed by atoms with Crippen molar-refractivity contribution in [2.24, 2.45) is 0 Å². The second kappa shape index (κ2) is 7.97. The van der Waals surface area contributed by atoms with E-state index in [1.165, 1.54) is 0 Å². The van der Waals surface area contributed by atoms with Crippen molar-refractivity contribution in [2.75, 3.05) is 11.6 Å². The molecule has 0 saturated carbocycles. The van der Waals surface area contributed by atoms with E-state index in [9.17, 15) is 4.79 Å². The van der Waals surface area contributed by atoms with Gasteiger partial charge in [-0.2, -0.15) is 11.8 Å². The molecule has 0 spiro atoms. The summed E-state index contributed by atoms with van der Waals surface area (Å²) in [5.41, 5.74) is 4.23. The van der Waals surface area contributed by atoms with E-state index in [0.29, 0.717) is 11.5 Å². The highest BCUT2D eigenvalue weighted by Crippen LogP contribution is 2.35. The molecule has 0 bridgehead atoms. The summed E-state index contributed by atoms with van der Waals surface area (Å²) in [6.45, 7) is 0. The van der Waals surface area contributed by atoms with Crippen LogP contribution in [0.25, 0.3) is 31.8 Å². The number of anilines is 1. The molecule has 1 amide bonds. The van der Waals surface area contributed by atoms with Crippen molar-refractivity contribution in [3.63, 3.8) is 0 Å². The van der Waals surface area contributed by atoms with Crippen molar-refractivity contribution < 1.29 is 9.21 Å². The number of furan rings is 1. The van der Waals surface area contributed by atoms with Crippen molar-refractivity contribution in [3.8, 4) is 10.6 Å². The van der Waals surface area contributed by atoms with Gasteiger partial charge in [-0.25, -0.2) is 4.98 Å². The fourth-order valence-electron chi connectivity index (χ4n) is 3.51. The van der Waals surface area contributed by atoms with E-state index in [4.69, 9.17) is 9.40 Å². The Labute approximate surface area is 181 Å². The summed E-state index contributed by atoms with van der Waals surface area (Å²) >= 11 is 3.28. The number of nitrogens with one attached hydrogen (secondary N) is 1. The van der Waals surface area contributed by atoms with E-state index in [1.54, 1.807) is 23.1 Å². The van der Waals surface area contributed by atoms with Gasteiger partial charge in [-0.1, -0.05) is 42.5 Å². The van der Waals surface area contributed by atoms with Gasteiger partial charge >= 0.3 is 0 Å². The van der Waals surface area contributed by atoms with Crippen LogP contribution in [0.3, 0.4) is 0 Å². The quantitative estimate of drug-likeness (QED) is 0.332. The fraction of sp³-hybridized carbons (Fsp3) is 0.0833.